The first-order chi connectivity index (χ1) is 15.5. The van der Waals surface area contributed by atoms with Crippen molar-refractivity contribution < 1.29 is 41.0 Å². The number of halogens is 6. The number of ketones is 1. The first kappa shape index (κ1) is 27.1. The van der Waals surface area contributed by atoms with Crippen LogP contribution in [0.25, 0.3) is 0 Å². The predicted octanol–water partition coefficient (Wildman–Crippen LogP) is 5.59. The number of rotatable bonds is 8. The molecule has 186 valence electrons. The molecule has 1 aliphatic rings. The zero-order valence-electron chi connectivity index (χ0n) is 18.3. The molecule has 12 heteroatoms. The van der Waals surface area contributed by atoms with Crippen molar-refractivity contribution in [1.29, 1.82) is 0 Å². The average Bonchev–Trinajstić information content (AvgIpc) is 3.18. The molecule has 0 bridgehead atoms. The summed E-state index contributed by atoms with van der Waals surface area (Å²) in [7, 11) is 1.35. The Hall–Kier alpha value is -3.18. The number of carbonyl (C=O) groups is 2. The van der Waals surface area contributed by atoms with Crippen LogP contribution >= 0.6 is 0 Å². The highest BCUT2D eigenvalue weighted by atomic mass is 19.4. The van der Waals surface area contributed by atoms with Crippen LogP contribution in [0, 0.1) is 11.8 Å². The van der Waals surface area contributed by atoms with E-state index in [1.54, 1.807) is 0 Å². The van der Waals surface area contributed by atoms with Gasteiger partial charge in [-0.15, -0.1) is 4.91 Å². The summed E-state index contributed by atoms with van der Waals surface area (Å²) in [6.45, 7) is 3.68. The molecular formula is C22H22F6N2O4. The lowest BCUT2D eigenvalue weighted by atomic mass is 9.76. The van der Waals surface area contributed by atoms with Gasteiger partial charge in [0.1, 0.15) is 5.57 Å². The fraction of sp³-hybridized carbons (Fsp3) is 0.455. The Kier molecular flexibility index (Phi) is 7.63. The lowest BCUT2D eigenvalue weighted by molar-refractivity contribution is -0.144. The van der Waals surface area contributed by atoms with Gasteiger partial charge in [-0.05, 0) is 48.2 Å². The highest BCUT2D eigenvalue weighted by molar-refractivity contribution is 6.22. The number of benzene rings is 1. The fourth-order valence-electron chi connectivity index (χ4n) is 4.31. The molecule has 1 fully saturated rings. The summed E-state index contributed by atoms with van der Waals surface area (Å²) in [5, 5.41) is 11.4. The Bertz CT molecular complexity index is 1000. The largest absolute Gasteiger partial charge is 0.478 e. The summed E-state index contributed by atoms with van der Waals surface area (Å²) in [4.78, 5) is 35.3. The minimum Gasteiger partial charge on any atom is -0.478 e. The number of Topliss-reactive ketones (excluding diaryl/α,β-unsaturated/α-hetero) is 1. The number of hydrogen-bond donors (Lipinski definition) is 1. The van der Waals surface area contributed by atoms with Crippen LogP contribution in [0.4, 0.5) is 26.3 Å². The number of nitrogens with zero attached hydrogens (tertiary/aromatic N) is 2. The van der Waals surface area contributed by atoms with Crippen molar-refractivity contribution in [2.24, 2.45) is 5.18 Å². The highest BCUT2D eigenvalue weighted by Crippen LogP contribution is 2.47. The van der Waals surface area contributed by atoms with Gasteiger partial charge in [0, 0.05) is 25.2 Å². The van der Waals surface area contributed by atoms with E-state index in [2.05, 4.69) is 11.8 Å². The Morgan fingerprint density at radius 1 is 1.12 bits per heavy atom. The molecule has 0 amide bonds. The van der Waals surface area contributed by atoms with Crippen LogP contribution in [-0.4, -0.2) is 35.4 Å². The number of alkyl halides is 6. The molecule has 2 rings (SSSR count). The van der Waals surface area contributed by atoms with Crippen LogP contribution in [-0.2, 0) is 27.4 Å². The van der Waals surface area contributed by atoms with E-state index in [9.17, 15) is 40.8 Å². The van der Waals surface area contributed by atoms with Crippen LogP contribution in [0.1, 0.15) is 47.9 Å². The summed E-state index contributed by atoms with van der Waals surface area (Å²) in [6.07, 6.45) is -7.49. The molecule has 1 aromatic rings. The normalized spacial score (nSPS) is 16.3. The molecule has 0 unspecified atom stereocenters. The van der Waals surface area contributed by atoms with Gasteiger partial charge in [-0.25, -0.2) is 4.79 Å². The zero-order chi connectivity index (χ0) is 26.1. The number of nitroso groups, excluding NO2 is 1. The number of carboxylic acids is 1. The third-order valence-corrected chi connectivity index (χ3v) is 5.95. The number of likely N-dealkylation sites (N-methyl/N-ethyl adjacent to an activating group) is 1. The van der Waals surface area contributed by atoms with E-state index in [0.29, 0.717) is 12.8 Å². The molecule has 0 atom stereocenters. The van der Waals surface area contributed by atoms with Gasteiger partial charge in [-0.1, -0.05) is 19.4 Å². The topological polar surface area (TPSA) is 87.0 Å². The van der Waals surface area contributed by atoms with Gasteiger partial charge in [-0.3, -0.25) is 4.79 Å². The summed E-state index contributed by atoms with van der Waals surface area (Å²) >= 11 is 0. The van der Waals surface area contributed by atoms with Crippen LogP contribution in [0.2, 0.25) is 0 Å². The number of aliphatic carboxylic acids is 1. The van der Waals surface area contributed by atoms with Gasteiger partial charge in [0.25, 0.3) is 0 Å². The fourth-order valence-corrected chi connectivity index (χ4v) is 4.31. The van der Waals surface area contributed by atoms with Crippen LogP contribution in [0.5, 0.6) is 0 Å². The molecule has 0 spiro atoms. The Morgan fingerprint density at radius 2 is 1.59 bits per heavy atom. The second kappa shape index (κ2) is 9.59. The van der Waals surface area contributed by atoms with Crippen LogP contribution in [0.3, 0.4) is 0 Å². The van der Waals surface area contributed by atoms with Crippen molar-refractivity contribution in [3.63, 3.8) is 0 Å². The monoisotopic (exact) mass is 492 g/mol. The van der Waals surface area contributed by atoms with Crippen molar-refractivity contribution >= 4 is 11.8 Å². The molecule has 1 aliphatic carbocycles. The van der Waals surface area contributed by atoms with Gasteiger partial charge in [0.15, 0.2) is 5.70 Å². The molecule has 1 N–H and O–H groups in total. The van der Waals surface area contributed by atoms with Gasteiger partial charge >= 0.3 is 18.3 Å². The lowest BCUT2D eigenvalue weighted by Crippen LogP contribution is -2.36. The van der Waals surface area contributed by atoms with Crippen molar-refractivity contribution in [2.75, 3.05) is 13.6 Å². The number of allylic oxidation sites excluding steroid dienone is 1. The van der Waals surface area contributed by atoms with Crippen molar-refractivity contribution in [2.45, 2.75) is 50.4 Å². The average molecular weight is 492 g/mol. The van der Waals surface area contributed by atoms with E-state index in [0.717, 1.165) is 25.3 Å². The van der Waals surface area contributed by atoms with Crippen molar-refractivity contribution in [1.82, 2.24) is 4.90 Å². The predicted molar refractivity (Wildman–Crippen MR) is 110 cm³/mol. The van der Waals surface area contributed by atoms with Gasteiger partial charge in [-0.2, -0.15) is 26.3 Å². The van der Waals surface area contributed by atoms with Gasteiger partial charge in [0.05, 0.1) is 11.1 Å². The third kappa shape index (κ3) is 5.65. The van der Waals surface area contributed by atoms with Gasteiger partial charge < -0.3 is 10.0 Å². The van der Waals surface area contributed by atoms with E-state index in [-0.39, 0.29) is 24.9 Å². The molecule has 1 aromatic carbocycles. The molecule has 0 aromatic heterocycles. The number of carbonyl (C=O) groups excluding carboxylic acids is 1. The SMILES string of the molecule is C=C(C(=O)O)C(=O)/C(=C\N(C)CC1(c2cc(C(F)(F)F)c(C)c(C(F)(F)F)c2)CCCC1)N=O. The Balaban J connectivity index is 2.57. The lowest BCUT2D eigenvalue weighted by Gasteiger charge is -2.35. The second-order valence-corrected chi connectivity index (χ2v) is 8.31. The van der Waals surface area contributed by atoms with E-state index in [1.165, 1.54) is 11.9 Å². The van der Waals surface area contributed by atoms with Crippen molar-refractivity contribution in [3.8, 4) is 0 Å². The molecule has 0 saturated heterocycles. The number of hydrogen-bond acceptors (Lipinski definition) is 5. The summed E-state index contributed by atoms with van der Waals surface area (Å²) in [6, 6.07) is 1.45. The Morgan fingerprint density at radius 3 is 1.97 bits per heavy atom. The number of carboxylic acid groups (broad SMARTS) is 1. The van der Waals surface area contributed by atoms with E-state index < -0.39 is 57.5 Å². The maximum atomic E-state index is 13.6. The molecule has 6 nitrogen and oxygen atoms in total. The third-order valence-electron chi connectivity index (χ3n) is 5.95. The first-order valence-corrected chi connectivity index (χ1v) is 10.1. The summed E-state index contributed by atoms with van der Waals surface area (Å²) in [5.41, 5.74) is -6.71. The van der Waals surface area contributed by atoms with Crippen LogP contribution < -0.4 is 0 Å². The standard InChI is InChI=1S/C22H22F6N2O4/c1-12-15(21(23,24)25)8-14(9-16(12)22(26,27)28)20(6-4-5-7-20)11-30(3)10-17(29-34)18(31)13(2)19(32)33/h8-10H,2,4-7,11H2,1,3H3,(H,32,33)/b17-10+. The Labute approximate surface area is 190 Å². The smallest absolute Gasteiger partial charge is 0.416 e. The first-order valence-electron chi connectivity index (χ1n) is 10.1. The maximum Gasteiger partial charge on any atom is 0.416 e. The minimum atomic E-state index is -5.01. The van der Waals surface area contributed by atoms with Gasteiger partial charge in [0.2, 0.25) is 5.78 Å². The summed E-state index contributed by atoms with van der Waals surface area (Å²) in [5.74, 6) is -2.93. The second-order valence-electron chi connectivity index (χ2n) is 8.31. The maximum absolute atomic E-state index is 13.6. The van der Waals surface area contributed by atoms with Crippen LogP contribution in [0.15, 0.2) is 41.4 Å². The quantitative estimate of drug-likeness (QED) is 0.168. The zero-order valence-corrected chi connectivity index (χ0v) is 18.3. The van der Waals surface area contributed by atoms with Crippen molar-refractivity contribution in [3.05, 3.63) is 63.3 Å². The molecule has 0 heterocycles. The summed E-state index contributed by atoms with van der Waals surface area (Å²) < 4.78 is 81.5. The van der Waals surface area contributed by atoms with E-state index >= 15 is 0 Å². The van der Waals surface area contributed by atoms with E-state index in [1.807, 2.05) is 0 Å². The minimum absolute atomic E-state index is 0.142. The molecule has 0 aliphatic heterocycles. The molecule has 34 heavy (non-hydrogen) atoms. The molecular weight excluding hydrogens is 470 g/mol. The molecule has 0 radical (unpaired) electrons. The highest BCUT2D eigenvalue weighted by Gasteiger charge is 2.44. The van der Waals surface area contributed by atoms with E-state index in [4.69, 9.17) is 5.11 Å². The molecule has 1 saturated carbocycles.